The molecule has 0 spiro atoms. The SMILES string of the molecule is O=C1CSC(=NC[NH+]2CCCCC2)N1c1cccc([N+](=O)[O-])c1. The van der Waals surface area contributed by atoms with Crippen molar-refractivity contribution in [1.29, 1.82) is 0 Å². The molecule has 8 heteroatoms. The van der Waals surface area contributed by atoms with E-state index in [-0.39, 0.29) is 11.6 Å². The van der Waals surface area contributed by atoms with Crippen LogP contribution >= 0.6 is 11.8 Å². The van der Waals surface area contributed by atoms with E-state index in [1.807, 2.05) is 0 Å². The average molecular weight is 335 g/mol. The number of likely N-dealkylation sites (tertiary alicyclic amines) is 1. The fourth-order valence-corrected chi connectivity index (χ4v) is 3.74. The Morgan fingerprint density at radius 1 is 1.30 bits per heavy atom. The van der Waals surface area contributed by atoms with Crippen molar-refractivity contribution in [2.75, 3.05) is 30.4 Å². The van der Waals surface area contributed by atoms with Crippen LogP contribution in [0.2, 0.25) is 0 Å². The zero-order valence-corrected chi connectivity index (χ0v) is 13.6. The molecular weight excluding hydrogens is 316 g/mol. The van der Waals surface area contributed by atoms with E-state index in [2.05, 4.69) is 4.99 Å². The molecule has 23 heavy (non-hydrogen) atoms. The number of nitro groups is 1. The summed E-state index contributed by atoms with van der Waals surface area (Å²) in [6.07, 6.45) is 3.73. The standard InChI is InChI=1S/C15H18N4O3S/c20-14-10-23-15(16-11-17-7-2-1-3-8-17)18(14)12-5-4-6-13(9-12)19(21)22/h4-6,9H,1-3,7-8,10-11H2/p+1. The van der Waals surface area contributed by atoms with Gasteiger partial charge in [-0.1, -0.05) is 17.8 Å². The first kappa shape index (κ1) is 15.9. The first-order chi connectivity index (χ1) is 11.1. The molecule has 3 rings (SSSR count). The third-order valence-electron chi connectivity index (χ3n) is 4.06. The number of nitro benzene ring substituents is 1. The number of carbonyl (C=O) groups excluding carboxylic acids is 1. The van der Waals surface area contributed by atoms with Crippen molar-refractivity contribution < 1.29 is 14.6 Å². The second-order valence-corrected chi connectivity index (χ2v) is 6.65. The number of nitrogens with one attached hydrogen (secondary N) is 1. The monoisotopic (exact) mass is 335 g/mol. The van der Waals surface area contributed by atoms with Gasteiger partial charge in [-0.25, -0.2) is 4.99 Å². The number of hydrogen-bond acceptors (Lipinski definition) is 5. The summed E-state index contributed by atoms with van der Waals surface area (Å²) in [6.45, 7) is 2.89. The van der Waals surface area contributed by atoms with E-state index < -0.39 is 4.92 Å². The maximum atomic E-state index is 12.2. The number of hydrogen-bond donors (Lipinski definition) is 1. The Hall–Kier alpha value is -1.93. The van der Waals surface area contributed by atoms with Gasteiger partial charge in [-0.3, -0.25) is 19.8 Å². The molecule has 7 nitrogen and oxygen atoms in total. The molecule has 0 atom stereocenters. The van der Waals surface area contributed by atoms with Crippen molar-refractivity contribution in [3.63, 3.8) is 0 Å². The van der Waals surface area contributed by atoms with Crippen LogP contribution in [0.15, 0.2) is 29.3 Å². The Morgan fingerprint density at radius 3 is 2.83 bits per heavy atom. The number of benzene rings is 1. The number of thioether (sulfide) groups is 1. The molecule has 0 aromatic heterocycles. The summed E-state index contributed by atoms with van der Waals surface area (Å²) < 4.78 is 0. The van der Waals surface area contributed by atoms with Crippen LogP contribution in [0.3, 0.4) is 0 Å². The van der Waals surface area contributed by atoms with Crippen LogP contribution in [0.5, 0.6) is 0 Å². The van der Waals surface area contributed by atoms with Gasteiger partial charge in [0, 0.05) is 12.1 Å². The Bertz CT molecular complexity index is 643. The summed E-state index contributed by atoms with van der Waals surface area (Å²) in [7, 11) is 0. The van der Waals surface area contributed by atoms with Crippen molar-refractivity contribution in [3.05, 3.63) is 34.4 Å². The van der Waals surface area contributed by atoms with E-state index in [0.29, 0.717) is 23.3 Å². The lowest BCUT2D eigenvalue weighted by molar-refractivity contribution is -0.904. The van der Waals surface area contributed by atoms with Crippen LogP contribution < -0.4 is 9.80 Å². The van der Waals surface area contributed by atoms with Gasteiger partial charge in [-0.05, 0) is 25.3 Å². The molecule has 2 fully saturated rings. The van der Waals surface area contributed by atoms with Gasteiger partial charge in [0.05, 0.1) is 29.5 Å². The molecule has 2 saturated heterocycles. The number of rotatable bonds is 4. The summed E-state index contributed by atoms with van der Waals surface area (Å²) in [5.74, 6) is 0.250. The summed E-state index contributed by atoms with van der Waals surface area (Å²) in [5, 5.41) is 11.6. The van der Waals surface area contributed by atoms with Crippen molar-refractivity contribution in [3.8, 4) is 0 Å². The van der Waals surface area contributed by atoms with E-state index in [1.54, 1.807) is 12.1 Å². The zero-order chi connectivity index (χ0) is 16.2. The predicted octanol–water partition coefficient (Wildman–Crippen LogP) is 1.06. The lowest BCUT2D eigenvalue weighted by atomic mass is 10.1. The second kappa shape index (κ2) is 7.10. The number of amides is 1. The highest BCUT2D eigenvalue weighted by molar-refractivity contribution is 8.15. The largest absolute Gasteiger partial charge is 0.316 e. The van der Waals surface area contributed by atoms with Gasteiger partial charge < -0.3 is 4.90 Å². The van der Waals surface area contributed by atoms with E-state index in [1.165, 1.54) is 53.0 Å². The van der Waals surface area contributed by atoms with Crippen LogP contribution in [0, 0.1) is 10.1 Å². The van der Waals surface area contributed by atoms with Crippen LogP contribution in [0.4, 0.5) is 11.4 Å². The zero-order valence-electron chi connectivity index (χ0n) is 12.7. The predicted molar refractivity (Wildman–Crippen MR) is 89.9 cm³/mol. The highest BCUT2D eigenvalue weighted by atomic mass is 32.2. The molecule has 0 aliphatic carbocycles. The molecule has 2 heterocycles. The number of non-ortho nitro benzene ring substituents is 1. The van der Waals surface area contributed by atoms with Crippen molar-refractivity contribution in [2.24, 2.45) is 4.99 Å². The van der Waals surface area contributed by atoms with Crippen molar-refractivity contribution in [1.82, 2.24) is 0 Å². The molecule has 0 radical (unpaired) electrons. The van der Waals surface area contributed by atoms with Gasteiger partial charge in [0.15, 0.2) is 11.8 Å². The number of piperidine rings is 1. The number of quaternary nitrogens is 1. The highest BCUT2D eigenvalue weighted by Gasteiger charge is 2.31. The average Bonchev–Trinajstić information content (AvgIpc) is 2.95. The maximum absolute atomic E-state index is 12.2. The maximum Gasteiger partial charge on any atom is 0.271 e. The summed E-state index contributed by atoms with van der Waals surface area (Å²) >= 11 is 1.40. The van der Waals surface area contributed by atoms with Gasteiger partial charge in [0.2, 0.25) is 5.91 Å². The van der Waals surface area contributed by atoms with Gasteiger partial charge >= 0.3 is 0 Å². The molecule has 1 N–H and O–H groups in total. The molecular formula is C15H19N4O3S+. The first-order valence-corrected chi connectivity index (χ1v) is 8.72. The second-order valence-electron chi connectivity index (χ2n) is 5.70. The van der Waals surface area contributed by atoms with Gasteiger partial charge in [-0.2, -0.15) is 0 Å². The topological polar surface area (TPSA) is 80.2 Å². The van der Waals surface area contributed by atoms with E-state index in [9.17, 15) is 14.9 Å². The Labute approximate surface area is 138 Å². The molecule has 1 amide bonds. The number of nitrogens with zero attached hydrogens (tertiary/aromatic N) is 3. The fraction of sp³-hybridized carbons (Fsp3) is 0.467. The quantitative estimate of drug-likeness (QED) is 0.659. The number of anilines is 1. The number of carbonyl (C=O) groups is 1. The molecule has 2 aliphatic rings. The number of amidine groups is 1. The van der Waals surface area contributed by atoms with Crippen LogP contribution in [0.1, 0.15) is 19.3 Å². The van der Waals surface area contributed by atoms with E-state index >= 15 is 0 Å². The molecule has 1 aromatic carbocycles. The van der Waals surface area contributed by atoms with E-state index in [4.69, 9.17) is 0 Å². The summed E-state index contributed by atoms with van der Waals surface area (Å²) in [5.41, 5.74) is 0.495. The number of aliphatic imine (C=N–C) groups is 1. The summed E-state index contributed by atoms with van der Waals surface area (Å²) in [4.78, 5) is 30.2. The lowest BCUT2D eigenvalue weighted by Gasteiger charge is -2.22. The fourth-order valence-electron chi connectivity index (χ4n) is 2.87. The van der Waals surface area contributed by atoms with E-state index in [0.717, 1.165) is 13.1 Å². The van der Waals surface area contributed by atoms with Crippen molar-refractivity contribution >= 4 is 34.2 Å². The minimum absolute atomic E-state index is 0.0202. The van der Waals surface area contributed by atoms with Gasteiger partial charge in [-0.15, -0.1) is 0 Å². The third-order valence-corrected chi connectivity index (χ3v) is 5.02. The molecule has 0 saturated carbocycles. The third kappa shape index (κ3) is 3.70. The smallest absolute Gasteiger partial charge is 0.271 e. The Kier molecular flexibility index (Phi) is 4.92. The van der Waals surface area contributed by atoms with Gasteiger partial charge in [0.25, 0.3) is 5.69 Å². The van der Waals surface area contributed by atoms with Gasteiger partial charge in [0.1, 0.15) is 0 Å². The van der Waals surface area contributed by atoms with Crippen LogP contribution in [0.25, 0.3) is 0 Å². The first-order valence-electron chi connectivity index (χ1n) is 7.73. The molecule has 0 bridgehead atoms. The molecule has 122 valence electrons. The summed E-state index contributed by atoms with van der Waals surface area (Å²) in [6, 6.07) is 6.15. The highest BCUT2D eigenvalue weighted by Crippen LogP contribution is 2.29. The molecule has 1 aromatic rings. The molecule has 2 aliphatic heterocycles. The normalized spacial score (nSPS) is 21.1. The Morgan fingerprint density at radius 2 is 2.09 bits per heavy atom. The lowest BCUT2D eigenvalue weighted by Crippen LogP contribution is -3.12. The minimum atomic E-state index is -0.452. The van der Waals surface area contributed by atoms with Crippen molar-refractivity contribution in [2.45, 2.75) is 19.3 Å². The Balaban J connectivity index is 1.79. The van der Waals surface area contributed by atoms with Crippen LogP contribution in [-0.4, -0.2) is 41.5 Å². The van der Waals surface area contributed by atoms with Crippen LogP contribution in [-0.2, 0) is 4.79 Å². The minimum Gasteiger partial charge on any atom is -0.316 e. The molecule has 0 unspecified atom stereocenters.